The molecule has 3 heteroatoms. The van der Waals surface area contributed by atoms with Gasteiger partial charge >= 0.3 is 0 Å². The molecule has 0 saturated heterocycles. The largest absolute Gasteiger partial charge is 0.355 e. The van der Waals surface area contributed by atoms with Gasteiger partial charge in [0.05, 0.1) is 0 Å². The monoisotopic (exact) mass is 216 g/mol. The maximum atomic E-state index is 12.9. The van der Waals surface area contributed by atoms with Crippen molar-refractivity contribution in [2.75, 3.05) is 5.32 Å². The van der Waals surface area contributed by atoms with Crippen molar-refractivity contribution < 1.29 is 4.39 Å². The molecular weight excluding hydrogens is 203 g/mol. The molecule has 1 heterocycles. The van der Waals surface area contributed by atoms with Crippen LogP contribution in [-0.4, -0.2) is 4.98 Å². The number of nitrogens with zero attached hydrogens (tertiary/aromatic N) is 1. The van der Waals surface area contributed by atoms with Crippen molar-refractivity contribution in [3.05, 3.63) is 53.6 Å². The summed E-state index contributed by atoms with van der Waals surface area (Å²) in [5.74, 6) is -0.477. The molecule has 0 aliphatic rings. The Morgan fingerprint density at radius 2 is 1.94 bits per heavy atom. The van der Waals surface area contributed by atoms with Gasteiger partial charge in [0.15, 0.2) is 0 Å². The molecule has 0 bridgehead atoms. The molecule has 1 aromatic heterocycles. The first-order valence-electron chi connectivity index (χ1n) is 5.11. The molecule has 2 rings (SSSR count). The third-order valence-electron chi connectivity index (χ3n) is 2.40. The first kappa shape index (κ1) is 10.6. The Morgan fingerprint density at radius 1 is 1.12 bits per heavy atom. The molecule has 2 aromatic rings. The lowest BCUT2D eigenvalue weighted by Gasteiger charge is -2.10. The van der Waals surface area contributed by atoms with Crippen molar-refractivity contribution in [3.63, 3.8) is 0 Å². The number of aryl methyl sites for hydroxylation is 2. The van der Waals surface area contributed by atoms with E-state index in [9.17, 15) is 4.39 Å². The minimum atomic E-state index is -0.477. The predicted molar refractivity (Wildman–Crippen MR) is 63.4 cm³/mol. The summed E-state index contributed by atoms with van der Waals surface area (Å²) in [6.45, 7) is 4.04. The topological polar surface area (TPSA) is 24.9 Å². The molecule has 1 N–H and O–H groups in total. The second-order valence-corrected chi connectivity index (χ2v) is 3.81. The molecule has 0 spiro atoms. The van der Waals surface area contributed by atoms with Gasteiger partial charge in [0.1, 0.15) is 0 Å². The molecule has 0 amide bonds. The van der Waals surface area contributed by atoms with Gasteiger partial charge in [-0.25, -0.2) is 4.98 Å². The number of pyridine rings is 1. The minimum absolute atomic E-state index is 0.477. The van der Waals surface area contributed by atoms with E-state index in [1.165, 1.54) is 17.8 Å². The van der Waals surface area contributed by atoms with Gasteiger partial charge in [-0.15, -0.1) is 0 Å². The van der Waals surface area contributed by atoms with Crippen molar-refractivity contribution >= 4 is 11.4 Å². The van der Waals surface area contributed by atoms with Crippen molar-refractivity contribution in [3.8, 4) is 0 Å². The Labute approximate surface area is 94.2 Å². The van der Waals surface area contributed by atoms with Gasteiger partial charge in [-0.1, -0.05) is 12.1 Å². The summed E-state index contributed by atoms with van der Waals surface area (Å²) >= 11 is 0. The van der Waals surface area contributed by atoms with Gasteiger partial charge < -0.3 is 5.32 Å². The molecule has 0 saturated carbocycles. The molecule has 0 fully saturated rings. The van der Waals surface area contributed by atoms with Crippen molar-refractivity contribution in [2.45, 2.75) is 13.8 Å². The first-order valence-corrected chi connectivity index (χ1v) is 5.11. The average molecular weight is 216 g/mol. The third kappa shape index (κ3) is 2.37. The predicted octanol–water partition coefficient (Wildman–Crippen LogP) is 3.58. The maximum absolute atomic E-state index is 12.9. The molecule has 0 unspecified atom stereocenters. The quantitative estimate of drug-likeness (QED) is 0.776. The number of benzene rings is 1. The van der Waals surface area contributed by atoms with Crippen LogP contribution in [0.4, 0.5) is 15.8 Å². The molecule has 1 aromatic carbocycles. The molecule has 0 aliphatic carbocycles. The Bertz CT molecular complexity index is 509. The van der Waals surface area contributed by atoms with Gasteiger partial charge in [-0.3, -0.25) is 0 Å². The highest BCUT2D eigenvalue weighted by Gasteiger charge is 2.00. The van der Waals surface area contributed by atoms with Crippen molar-refractivity contribution in [2.24, 2.45) is 0 Å². The average Bonchev–Trinajstić information content (AvgIpc) is 2.24. The number of halogens is 1. The molecular formula is C13H13FN2. The zero-order chi connectivity index (χ0) is 11.5. The van der Waals surface area contributed by atoms with Crippen LogP contribution in [0.3, 0.4) is 0 Å². The van der Waals surface area contributed by atoms with Crippen LogP contribution in [0.15, 0.2) is 36.5 Å². The van der Waals surface area contributed by atoms with Gasteiger partial charge in [0.2, 0.25) is 5.95 Å². The molecule has 16 heavy (non-hydrogen) atoms. The lowest BCUT2D eigenvalue weighted by atomic mass is 10.1. The summed E-state index contributed by atoms with van der Waals surface area (Å²) < 4.78 is 12.9. The van der Waals surface area contributed by atoms with Gasteiger partial charge in [-0.05, 0) is 37.1 Å². The van der Waals surface area contributed by atoms with Crippen LogP contribution in [0.2, 0.25) is 0 Å². The molecule has 2 nitrogen and oxygen atoms in total. The Morgan fingerprint density at radius 3 is 2.69 bits per heavy atom. The standard InChI is InChI=1S/C13H13FN2/c1-9-3-4-10(2)12(7-9)16-11-5-6-15-13(14)8-11/h3-8H,1-2H3,(H,15,16). The smallest absolute Gasteiger partial charge is 0.214 e. The van der Waals surface area contributed by atoms with Crippen LogP contribution in [-0.2, 0) is 0 Å². The fourth-order valence-electron chi connectivity index (χ4n) is 1.51. The zero-order valence-corrected chi connectivity index (χ0v) is 9.29. The summed E-state index contributed by atoms with van der Waals surface area (Å²) in [4.78, 5) is 3.51. The van der Waals surface area contributed by atoms with Crippen molar-refractivity contribution in [1.29, 1.82) is 0 Å². The Kier molecular flexibility index (Phi) is 2.86. The van der Waals surface area contributed by atoms with E-state index in [1.54, 1.807) is 6.07 Å². The summed E-state index contributed by atoms with van der Waals surface area (Å²) in [6.07, 6.45) is 1.45. The van der Waals surface area contributed by atoms with Crippen molar-refractivity contribution in [1.82, 2.24) is 4.98 Å². The lowest BCUT2D eigenvalue weighted by Crippen LogP contribution is -1.95. The van der Waals surface area contributed by atoms with Gasteiger partial charge in [0.25, 0.3) is 0 Å². The number of anilines is 2. The first-order chi connectivity index (χ1) is 7.65. The van der Waals surface area contributed by atoms with Crippen LogP contribution >= 0.6 is 0 Å². The highest BCUT2D eigenvalue weighted by molar-refractivity contribution is 5.63. The number of nitrogens with one attached hydrogen (secondary N) is 1. The molecule has 0 atom stereocenters. The van der Waals surface area contributed by atoms with E-state index >= 15 is 0 Å². The summed E-state index contributed by atoms with van der Waals surface area (Å²) in [6, 6.07) is 9.24. The van der Waals surface area contributed by atoms with Gasteiger partial charge in [-0.2, -0.15) is 4.39 Å². The van der Waals surface area contributed by atoms with E-state index < -0.39 is 5.95 Å². The number of hydrogen-bond acceptors (Lipinski definition) is 2. The third-order valence-corrected chi connectivity index (χ3v) is 2.40. The van der Waals surface area contributed by atoms with Crippen LogP contribution in [0, 0.1) is 19.8 Å². The second kappa shape index (κ2) is 4.31. The second-order valence-electron chi connectivity index (χ2n) is 3.81. The molecule has 0 radical (unpaired) electrons. The Hall–Kier alpha value is -1.90. The normalized spacial score (nSPS) is 10.2. The van der Waals surface area contributed by atoms with E-state index in [-0.39, 0.29) is 0 Å². The molecule has 0 aliphatic heterocycles. The van der Waals surface area contributed by atoms with Crippen LogP contribution < -0.4 is 5.32 Å². The zero-order valence-electron chi connectivity index (χ0n) is 9.29. The Balaban J connectivity index is 2.30. The van der Waals surface area contributed by atoms with E-state index in [4.69, 9.17) is 0 Å². The fraction of sp³-hybridized carbons (Fsp3) is 0.154. The van der Waals surface area contributed by atoms with E-state index in [0.29, 0.717) is 5.69 Å². The summed E-state index contributed by atoms with van der Waals surface area (Å²) in [7, 11) is 0. The van der Waals surface area contributed by atoms with Crippen LogP contribution in [0.25, 0.3) is 0 Å². The highest BCUT2D eigenvalue weighted by Crippen LogP contribution is 2.21. The summed E-state index contributed by atoms with van der Waals surface area (Å²) in [5.41, 5.74) is 4.00. The minimum Gasteiger partial charge on any atom is -0.355 e. The van der Waals surface area contributed by atoms with E-state index in [0.717, 1.165) is 11.3 Å². The van der Waals surface area contributed by atoms with E-state index in [1.807, 2.05) is 32.0 Å². The fourth-order valence-corrected chi connectivity index (χ4v) is 1.51. The van der Waals surface area contributed by atoms with Gasteiger partial charge in [0, 0.05) is 23.6 Å². The molecule has 82 valence electrons. The number of hydrogen-bond donors (Lipinski definition) is 1. The summed E-state index contributed by atoms with van der Waals surface area (Å²) in [5, 5.41) is 3.17. The SMILES string of the molecule is Cc1ccc(C)c(Nc2ccnc(F)c2)c1. The maximum Gasteiger partial charge on any atom is 0.214 e. The lowest BCUT2D eigenvalue weighted by molar-refractivity contribution is 0.584. The van der Waals surface area contributed by atoms with Crippen LogP contribution in [0.1, 0.15) is 11.1 Å². The number of aromatic nitrogens is 1. The van der Waals surface area contributed by atoms with Crippen LogP contribution in [0.5, 0.6) is 0 Å². The number of rotatable bonds is 2. The van der Waals surface area contributed by atoms with E-state index in [2.05, 4.69) is 10.3 Å². The highest BCUT2D eigenvalue weighted by atomic mass is 19.1.